The number of carboxylic acid groups (broad SMARTS) is 1. The highest BCUT2D eigenvalue weighted by Crippen LogP contribution is 2.31. The zero-order chi connectivity index (χ0) is 15.8. The molecule has 0 radical (unpaired) electrons. The Balaban J connectivity index is 2.54. The smallest absolute Gasteiger partial charge is 0.335 e. The number of rotatable bonds is 3. The van der Waals surface area contributed by atoms with E-state index in [4.69, 9.17) is 5.11 Å². The van der Waals surface area contributed by atoms with Gasteiger partial charge in [0.2, 0.25) is 10.0 Å². The van der Waals surface area contributed by atoms with Crippen LogP contribution < -0.4 is 0 Å². The molecule has 1 aromatic carbocycles. The van der Waals surface area contributed by atoms with Gasteiger partial charge in [0.25, 0.3) is 0 Å². The predicted octanol–water partition coefficient (Wildman–Crippen LogP) is 2.80. The van der Waals surface area contributed by atoms with Gasteiger partial charge in [-0.1, -0.05) is 11.6 Å². The van der Waals surface area contributed by atoms with E-state index in [1.54, 1.807) is 6.92 Å². The summed E-state index contributed by atoms with van der Waals surface area (Å²) in [6, 6.07) is 2.66. The molecular weight excluding hydrogens is 358 g/mol. The third-order valence-electron chi connectivity index (χ3n) is 3.38. The van der Waals surface area contributed by atoms with Gasteiger partial charge in [0.05, 0.1) is 10.5 Å². The molecule has 1 N–H and O–H groups in total. The Morgan fingerprint density at radius 2 is 2.00 bits per heavy atom. The van der Waals surface area contributed by atoms with Crippen molar-refractivity contribution >= 4 is 31.9 Å². The Morgan fingerprint density at radius 3 is 2.57 bits per heavy atom. The normalized spacial score (nSPS) is 16.6. The topological polar surface area (TPSA) is 74.7 Å². The number of aromatic carboxylic acids is 1. The summed E-state index contributed by atoms with van der Waals surface area (Å²) in [6.07, 6.45) is 2.68. The number of benzene rings is 1. The van der Waals surface area contributed by atoms with E-state index in [1.807, 2.05) is 13.0 Å². The van der Waals surface area contributed by atoms with Crippen molar-refractivity contribution in [3.63, 3.8) is 0 Å². The van der Waals surface area contributed by atoms with Gasteiger partial charge in [-0.25, -0.2) is 13.2 Å². The minimum atomic E-state index is -3.72. The Hall–Kier alpha value is -1.18. The molecule has 0 saturated carbocycles. The van der Waals surface area contributed by atoms with Gasteiger partial charge in [0.1, 0.15) is 0 Å². The standard InChI is InChI=1S/C14H16BrNO4S/c1-9-4-3-5-16(8-9)21(19,20)12-7-11(14(17)18)6-10(2)13(12)15/h4,6-7H,3,5,8H2,1-2H3,(H,17,18). The second-order valence-electron chi connectivity index (χ2n) is 5.09. The Labute approximate surface area is 132 Å². The van der Waals surface area contributed by atoms with Crippen LogP contribution in [0.1, 0.15) is 29.3 Å². The third kappa shape index (κ3) is 3.20. The fourth-order valence-electron chi connectivity index (χ4n) is 2.27. The van der Waals surface area contributed by atoms with E-state index in [0.717, 1.165) is 5.57 Å². The van der Waals surface area contributed by atoms with Crippen molar-refractivity contribution < 1.29 is 18.3 Å². The van der Waals surface area contributed by atoms with E-state index < -0.39 is 16.0 Å². The van der Waals surface area contributed by atoms with E-state index in [0.29, 0.717) is 29.5 Å². The Bertz CT molecular complexity index is 725. The van der Waals surface area contributed by atoms with Crippen LogP contribution in [0.15, 0.2) is 33.2 Å². The zero-order valence-electron chi connectivity index (χ0n) is 11.8. The van der Waals surface area contributed by atoms with E-state index in [1.165, 1.54) is 16.4 Å². The van der Waals surface area contributed by atoms with E-state index in [2.05, 4.69) is 15.9 Å². The fourth-order valence-corrected chi connectivity index (χ4v) is 4.77. The average molecular weight is 374 g/mol. The lowest BCUT2D eigenvalue weighted by atomic mass is 10.1. The van der Waals surface area contributed by atoms with Crippen molar-refractivity contribution in [3.05, 3.63) is 39.4 Å². The van der Waals surface area contributed by atoms with Crippen LogP contribution in [0.3, 0.4) is 0 Å². The lowest BCUT2D eigenvalue weighted by molar-refractivity contribution is 0.0696. The monoisotopic (exact) mass is 373 g/mol. The maximum Gasteiger partial charge on any atom is 0.335 e. The second-order valence-corrected chi connectivity index (χ2v) is 7.79. The van der Waals surface area contributed by atoms with Crippen molar-refractivity contribution in [2.24, 2.45) is 0 Å². The average Bonchev–Trinajstić information content (AvgIpc) is 2.41. The minimum Gasteiger partial charge on any atom is -0.478 e. The molecule has 0 spiro atoms. The number of hydrogen-bond acceptors (Lipinski definition) is 3. The van der Waals surface area contributed by atoms with Crippen LogP contribution in [0.25, 0.3) is 0 Å². The van der Waals surface area contributed by atoms with Gasteiger partial charge in [0, 0.05) is 17.6 Å². The molecule has 5 nitrogen and oxygen atoms in total. The van der Waals surface area contributed by atoms with E-state index in [9.17, 15) is 13.2 Å². The minimum absolute atomic E-state index is 0.00889. The maximum atomic E-state index is 12.8. The van der Waals surface area contributed by atoms with Crippen molar-refractivity contribution in [2.75, 3.05) is 13.1 Å². The lowest BCUT2D eigenvalue weighted by Gasteiger charge is -2.26. The van der Waals surface area contributed by atoms with Crippen molar-refractivity contribution in [1.29, 1.82) is 0 Å². The molecule has 1 aromatic rings. The summed E-state index contributed by atoms with van der Waals surface area (Å²) in [4.78, 5) is 11.1. The van der Waals surface area contributed by atoms with Crippen LogP contribution in [-0.2, 0) is 10.0 Å². The lowest BCUT2D eigenvalue weighted by Crippen LogP contribution is -2.35. The summed E-state index contributed by atoms with van der Waals surface area (Å²) in [5.41, 5.74) is 1.54. The molecule has 0 aromatic heterocycles. The van der Waals surface area contributed by atoms with Crippen molar-refractivity contribution in [1.82, 2.24) is 4.31 Å². The quantitative estimate of drug-likeness (QED) is 0.826. The summed E-state index contributed by atoms with van der Waals surface area (Å²) in [5, 5.41) is 9.11. The van der Waals surface area contributed by atoms with Crippen LogP contribution in [-0.4, -0.2) is 36.9 Å². The molecule has 2 rings (SSSR count). The molecule has 7 heteroatoms. The SMILES string of the molecule is CC1=CCCN(S(=O)(=O)c2cc(C(=O)O)cc(C)c2Br)C1. The number of nitrogens with zero attached hydrogens (tertiary/aromatic N) is 1. The summed E-state index contributed by atoms with van der Waals surface area (Å²) in [6.45, 7) is 4.31. The Morgan fingerprint density at radius 1 is 1.33 bits per heavy atom. The predicted molar refractivity (Wildman–Crippen MR) is 83.0 cm³/mol. The highest BCUT2D eigenvalue weighted by Gasteiger charge is 2.29. The molecule has 0 atom stereocenters. The maximum absolute atomic E-state index is 12.8. The van der Waals surface area contributed by atoms with E-state index >= 15 is 0 Å². The molecule has 1 aliphatic heterocycles. The summed E-state index contributed by atoms with van der Waals surface area (Å²) in [7, 11) is -3.72. The molecule has 1 aliphatic rings. The molecule has 0 saturated heterocycles. The second kappa shape index (κ2) is 5.90. The fraction of sp³-hybridized carbons (Fsp3) is 0.357. The van der Waals surface area contributed by atoms with Gasteiger partial charge in [-0.05, 0) is 53.9 Å². The molecule has 0 bridgehead atoms. The van der Waals surface area contributed by atoms with E-state index in [-0.39, 0.29) is 10.5 Å². The first kappa shape index (κ1) is 16.2. The zero-order valence-corrected chi connectivity index (χ0v) is 14.2. The van der Waals surface area contributed by atoms with Gasteiger partial charge < -0.3 is 5.11 Å². The molecule has 1 heterocycles. The molecule has 0 aliphatic carbocycles. The molecule has 21 heavy (non-hydrogen) atoms. The first-order chi connectivity index (χ1) is 9.73. The van der Waals surface area contributed by atoms with Crippen molar-refractivity contribution in [2.45, 2.75) is 25.2 Å². The molecular formula is C14H16BrNO4S. The van der Waals surface area contributed by atoms with Crippen LogP contribution in [0.5, 0.6) is 0 Å². The Kier molecular flexibility index (Phi) is 4.55. The summed E-state index contributed by atoms with van der Waals surface area (Å²) in [5.74, 6) is -1.14. The highest BCUT2D eigenvalue weighted by molar-refractivity contribution is 9.10. The largest absolute Gasteiger partial charge is 0.478 e. The highest BCUT2D eigenvalue weighted by atomic mass is 79.9. The number of carbonyl (C=O) groups is 1. The van der Waals surface area contributed by atoms with Crippen LogP contribution in [0, 0.1) is 6.92 Å². The number of halogens is 1. The molecule has 0 fully saturated rings. The van der Waals surface area contributed by atoms with Gasteiger partial charge >= 0.3 is 5.97 Å². The van der Waals surface area contributed by atoms with Crippen LogP contribution in [0.4, 0.5) is 0 Å². The number of aryl methyl sites for hydroxylation is 1. The molecule has 0 amide bonds. The number of carboxylic acids is 1. The molecule has 114 valence electrons. The van der Waals surface area contributed by atoms with Crippen LogP contribution in [0.2, 0.25) is 0 Å². The van der Waals surface area contributed by atoms with Gasteiger partial charge in [-0.3, -0.25) is 0 Å². The van der Waals surface area contributed by atoms with Gasteiger partial charge in [-0.2, -0.15) is 4.31 Å². The van der Waals surface area contributed by atoms with Gasteiger partial charge in [0.15, 0.2) is 0 Å². The summed E-state index contributed by atoms with van der Waals surface area (Å²) >= 11 is 3.27. The third-order valence-corrected chi connectivity index (χ3v) is 6.57. The van der Waals surface area contributed by atoms with Gasteiger partial charge in [-0.15, -0.1) is 0 Å². The summed E-state index contributed by atoms with van der Waals surface area (Å²) < 4.78 is 27.3. The van der Waals surface area contributed by atoms with Crippen LogP contribution >= 0.6 is 15.9 Å². The first-order valence-electron chi connectivity index (χ1n) is 6.42. The van der Waals surface area contributed by atoms with Crippen molar-refractivity contribution in [3.8, 4) is 0 Å². The number of sulfonamides is 1. The molecule has 0 unspecified atom stereocenters. The first-order valence-corrected chi connectivity index (χ1v) is 8.66. The number of hydrogen-bond donors (Lipinski definition) is 1.